The Labute approximate surface area is 190 Å². The third-order valence-corrected chi connectivity index (χ3v) is 7.00. The molecule has 3 aromatic carbocycles. The van der Waals surface area contributed by atoms with Crippen LogP contribution in [0.2, 0.25) is 0 Å². The molecule has 6 nitrogen and oxygen atoms in total. The van der Waals surface area contributed by atoms with Crippen LogP contribution in [0.1, 0.15) is 18.3 Å². The molecule has 32 heavy (non-hydrogen) atoms. The first-order chi connectivity index (χ1) is 15.5. The van der Waals surface area contributed by atoms with Crippen molar-refractivity contribution in [3.05, 3.63) is 90.3 Å². The molecule has 1 unspecified atom stereocenters. The molecular formula is C25H22N4O2S. The Balaban J connectivity index is 1.40. The molecule has 160 valence electrons. The number of para-hydroxylation sites is 3. The first-order valence-corrected chi connectivity index (χ1v) is 11.2. The number of thioether (sulfide) groups is 1. The number of fused-ring (bicyclic) bond motifs is 2. The van der Waals surface area contributed by atoms with Crippen molar-refractivity contribution in [1.82, 2.24) is 14.9 Å². The zero-order valence-corrected chi connectivity index (χ0v) is 18.4. The summed E-state index contributed by atoms with van der Waals surface area (Å²) in [7, 11) is 0. The summed E-state index contributed by atoms with van der Waals surface area (Å²) in [6.07, 6.45) is 0. The Morgan fingerprint density at radius 1 is 1.03 bits per heavy atom. The summed E-state index contributed by atoms with van der Waals surface area (Å²) in [5, 5.41) is 5.81. The standard InChI is InChI=1S/C25H22N4O2S/c1-25(24(31)28-19-12-6-8-14-21(19)32-25)23(30)26-15-22-27-18-11-5-7-13-20(18)29(22)16-17-9-3-2-4-10-17/h2-14H,15-16H2,1H3,(H,26,30)(H,28,31). The van der Waals surface area contributed by atoms with Crippen LogP contribution in [0.3, 0.4) is 0 Å². The maximum absolute atomic E-state index is 13.2. The average Bonchev–Trinajstić information content (AvgIpc) is 3.16. The number of hydrogen-bond donors (Lipinski definition) is 2. The number of nitrogens with zero attached hydrogens (tertiary/aromatic N) is 2. The van der Waals surface area contributed by atoms with Gasteiger partial charge in [-0.05, 0) is 36.8 Å². The van der Waals surface area contributed by atoms with Crippen molar-refractivity contribution in [2.45, 2.75) is 29.7 Å². The van der Waals surface area contributed by atoms with Gasteiger partial charge in [0.25, 0.3) is 0 Å². The minimum absolute atomic E-state index is 0.228. The predicted octanol–water partition coefficient (Wildman–Crippen LogP) is 4.20. The monoisotopic (exact) mass is 442 g/mol. The zero-order valence-electron chi connectivity index (χ0n) is 17.5. The summed E-state index contributed by atoms with van der Waals surface area (Å²) >= 11 is 1.27. The van der Waals surface area contributed by atoms with E-state index < -0.39 is 4.75 Å². The summed E-state index contributed by atoms with van der Waals surface area (Å²) in [6, 6.07) is 25.6. The first kappa shape index (κ1) is 20.3. The molecule has 1 atom stereocenters. The second kappa shape index (κ2) is 8.16. The molecule has 5 rings (SSSR count). The molecule has 2 N–H and O–H groups in total. The molecule has 0 aliphatic carbocycles. The SMILES string of the molecule is CC1(C(=O)NCc2nc3ccccc3n2Cc2ccccc2)Sc2ccccc2NC1=O. The van der Waals surface area contributed by atoms with E-state index in [1.54, 1.807) is 6.92 Å². The minimum atomic E-state index is -1.26. The van der Waals surface area contributed by atoms with Gasteiger partial charge in [-0.15, -0.1) is 0 Å². The van der Waals surface area contributed by atoms with Gasteiger partial charge < -0.3 is 15.2 Å². The molecule has 1 aromatic heterocycles. The van der Waals surface area contributed by atoms with E-state index in [9.17, 15) is 9.59 Å². The van der Waals surface area contributed by atoms with E-state index in [-0.39, 0.29) is 18.4 Å². The number of benzene rings is 3. The van der Waals surface area contributed by atoms with Crippen molar-refractivity contribution in [2.75, 3.05) is 5.32 Å². The lowest BCUT2D eigenvalue weighted by atomic mass is 10.1. The van der Waals surface area contributed by atoms with E-state index in [4.69, 9.17) is 4.98 Å². The van der Waals surface area contributed by atoms with Crippen molar-refractivity contribution in [1.29, 1.82) is 0 Å². The lowest BCUT2D eigenvalue weighted by Gasteiger charge is -2.31. The van der Waals surface area contributed by atoms with Crippen molar-refractivity contribution >= 4 is 40.3 Å². The van der Waals surface area contributed by atoms with Gasteiger partial charge in [0.05, 0.1) is 23.3 Å². The molecule has 0 fully saturated rings. The molecule has 0 radical (unpaired) electrons. The zero-order chi connectivity index (χ0) is 22.1. The molecule has 1 aliphatic rings. The Morgan fingerprint density at radius 3 is 2.59 bits per heavy atom. The smallest absolute Gasteiger partial charge is 0.250 e. The van der Waals surface area contributed by atoms with E-state index in [0.29, 0.717) is 6.54 Å². The maximum Gasteiger partial charge on any atom is 0.250 e. The van der Waals surface area contributed by atoms with E-state index in [2.05, 4.69) is 27.3 Å². The fourth-order valence-corrected chi connectivity index (χ4v) is 4.97. The minimum Gasteiger partial charge on any atom is -0.347 e. The van der Waals surface area contributed by atoms with Crippen LogP contribution in [0.15, 0.2) is 83.8 Å². The third kappa shape index (κ3) is 3.65. The second-order valence-corrected chi connectivity index (χ2v) is 9.32. The number of amides is 2. The summed E-state index contributed by atoms with van der Waals surface area (Å²) in [5.74, 6) is 0.0814. The van der Waals surface area contributed by atoms with Crippen LogP contribution in [0.5, 0.6) is 0 Å². The highest BCUT2D eigenvalue weighted by Crippen LogP contribution is 2.42. The number of anilines is 1. The largest absolute Gasteiger partial charge is 0.347 e. The van der Waals surface area contributed by atoms with Gasteiger partial charge >= 0.3 is 0 Å². The van der Waals surface area contributed by atoms with Crippen LogP contribution < -0.4 is 10.6 Å². The van der Waals surface area contributed by atoms with Crippen molar-refractivity contribution in [3.8, 4) is 0 Å². The quantitative estimate of drug-likeness (QED) is 0.454. The second-order valence-electron chi connectivity index (χ2n) is 7.86. The van der Waals surface area contributed by atoms with Gasteiger partial charge in [-0.2, -0.15) is 0 Å². The number of aromatic nitrogens is 2. The summed E-state index contributed by atoms with van der Waals surface area (Å²) in [4.78, 5) is 31.6. The molecule has 0 saturated carbocycles. The number of carbonyl (C=O) groups is 2. The van der Waals surface area contributed by atoms with Gasteiger partial charge in [-0.1, -0.05) is 66.4 Å². The van der Waals surface area contributed by atoms with Gasteiger partial charge in [0.2, 0.25) is 11.8 Å². The number of carbonyl (C=O) groups excluding carboxylic acids is 2. The lowest BCUT2D eigenvalue weighted by molar-refractivity contribution is -0.130. The van der Waals surface area contributed by atoms with Crippen molar-refractivity contribution < 1.29 is 9.59 Å². The van der Waals surface area contributed by atoms with E-state index in [1.165, 1.54) is 11.8 Å². The first-order valence-electron chi connectivity index (χ1n) is 10.4. The number of nitrogens with one attached hydrogen (secondary N) is 2. The van der Waals surface area contributed by atoms with Crippen LogP contribution in [-0.4, -0.2) is 26.1 Å². The van der Waals surface area contributed by atoms with E-state index >= 15 is 0 Å². The fourth-order valence-electron chi connectivity index (χ4n) is 3.85. The normalized spacial score (nSPS) is 17.6. The lowest BCUT2D eigenvalue weighted by Crippen LogP contribution is -2.52. The summed E-state index contributed by atoms with van der Waals surface area (Å²) in [5.41, 5.74) is 3.76. The molecule has 2 heterocycles. The molecule has 7 heteroatoms. The topological polar surface area (TPSA) is 76.0 Å². The summed E-state index contributed by atoms with van der Waals surface area (Å²) < 4.78 is 0.849. The van der Waals surface area contributed by atoms with Crippen LogP contribution in [0.25, 0.3) is 11.0 Å². The van der Waals surface area contributed by atoms with Crippen molar-refractivity contribution in [3.63, 3.8) is 0 Å². The highest BCUT2D eigenvalue weighted by Gasteiger charge is 2.45. The van der Waals surface area contributed by atoms with Crippen molar-refractivity contribution in [2.24, 2.45) is 0 Å². The van der Waals surface area contributed by atoms with Crippen LogP contribution in [0.4, 0.5) is 5.69 Å². The molecular weight excluding hydrogens is 420 g/mol. The number of imidazole rings is 1. The van der Waals surface area contributed by atoms with Crippen LogP contribution >= 0.6 is 11.8 Å². The fraction of sp³-hybridized carbons (Fsp3) is 0.160. The van der Waals surface area contributed by atoms with Gasteiger partial charge in [0, 0.05) is 11.4 Å². The van der Waals surface area contributed by atoms with Crippen LogP contribution in [0, 0.1) is 0 Å². The number of rotatable bonds is 5. The van der Waals surface area contributed by atoms with Gasteiger partial charge in [0.15, 0.2) is 4.75 Å². The van der Waals surface area contributed by atoms with E-state index in [0.717, 1.165) is 33.0 Å². The van der Waals surface area contributed by atoms with Gasteiger partial charge in [-0.3, -0.25) is 9.59 Å². The molecule has 1 aliphatic heterocycles. The predicted molar refractivity (Wildman–Crippen MR) is 126 cm³/mol. The third-order valence-electron chi connectivity index (χ3n) is 5.64. The summed E-state index contributed by atoms with van der Waals surface area (Å²) in [6.45, 7) is 2.53. The molecule has 4 aromatic rings. The highest BCUT2D eigenvalue weighted by atomic mass is 32.2. The molecule has 0 spiro atoms. The Kier molecular flexibility index (Phi) is 5.19. The molecule has 0 bridgehead atoms. The molecule has 0 saturated heterocycles. The van der Waals surface area contributed by atoms with Gasteiger partial charge in [0.1, 0.15) is 5.82 Å². The van der Waals surface area contributed by atoms with E-state index in [1.807, 2.05) is 66.7 Å². The Morgan fingerprint density at radius 2 is 1.75 bits per heavy atom. The average molecular weight is 443 g/mol. The number of hydrogen-bond acceptors (Lipinski definition) is 4. The molecule has 2 amide bonds. The van der Waals surface area contributed by atoms with Crippen LogP contribution in [-0.2, 0) is 22.7 Å². The Bertz CT molecular complexity index is 1320. The highest BCUT2D eigenvalue weighted by molar-refractivity contribution is 8.02. The Hall–Kier alpha value is -3.58. The van der Waals surface area contributed by atoms with Gasteiger partial charge in [-0.25, -0.2) is 4.98 Å². The maximum atomic E-state index is 13.2.